The van der Waals surface area contributed by atoms with E-state index in [4.69, 9.17) is 0 Å². The van der Waals surface area contributed by atoms with E-state index in [9.17, 15) is 26.3 Å². The van der Waals surface area contributed by atoms with E-state index in [0.29, 0.717) is 0 Å². The molecule has 8 heteroatoms. The Morgan fingerprint density at radius 3 is 1.55 bits per heavy atom. The van der Waals surface area contributed by atoms with E-state index in [1.165, 1.54) is 0 Å². The van der Waals surface area contributed by atoms with Gasteiger partial charge in [0.1, 0.15) is 0 Å². The SMILES string of the molecule is FC(OC(F)(F)F)C(F)(F)S. The molecule has 0 aromatic heterocycles. The number of rotatable bonds is 2. The summed E-state index contributed by atoms with van der Waals surface area (Å²) in [5, 5.41) is -4.45. The molecule has 68 valence electrons. The second-order valence-corrected chi connectivity index (χ2v) is 2.06. The predicted molar refractivity (Wildman–Crippen MR) is 26.0 cm³/mol. The Labute approximate surface area is 62.7 Å². The van der Waals surface area contributed by atoms with Crippen molar-refractivity contribution in [3.8, 4) is 0 Å². The van der Waals surface area contributed by atoms with Crippen LogP contribution >= 0.6 is 12.6 Å². The highest BCUT2D eigenvalue weighted by atomic mass is 32.1. The van der Waals surface area contributed by atoms with Gasteiger partial charge in [-0.25, -0.2) is 9.13 Å². The minimum absolute atomic E-state index is 2.23. The standard InChI is InChI=1S/C3H2F6OS/c4-1(2(5,6)11)10-3(7,8)9/h1,11H. The van der Waals surface area contributed by atoms with Crippen molar-refractivity contribution in [3.63, 3.8) is 0 Å². The van der Waals surface area contributed by atoms with Gasteiger partial charge in [0.05, 0.1) is 0 Å². The lowest BCUT2D eigenvalue weighted by Gasteiger charge is -2.16. The molecule has 1 nitrogen and oxygen atoms in total. The van der Waals surface area contributed by atoms with Gasteiger partial charge in [0.15, 0.2) is 0 Å². The summed E-state index contributed by atoms with van der Waals surface area (Å²) in [4.78, 5) is 0. The lowest BCUT2D eigenvalue weighted by atomic mass is 10.7. The lowest BCUT2D eigenvalue weighted by molar-refractivity contribution is -0.377. The van der Waals surface area contributed by atoms with Gasteiger partial charge in [-0.2, -0.15) is 8.78 Å². The van der Waals surface area contributed by atoms with Gasteiger partial charge in [0, 0.05) is 0 Å². The zero-order chi connectivity index (χ0) is 9.28. The molecule has 11 heavy (non-hydrogen) atoms. The number of ether oxygens (including phenoxy) is 1. The summed E-state index contributed by atoms with van der Waals surface area (Å²) in [5.41, 5.74) is 0. The van der Waals surface area contributed by atoms with Gasteiger partial charge in [-0.15, -0.1) is 13.2 Å². The Bertz CT molecular complexity index is 127. The molecule has 0 rings (SSSR count). The van der Waals surface area contributed by atoms with E-state index in [1.54, 1.807) is 0 Å². The molecule has 1 unspecified atom stereocenters. The smallest absolute Gasteiger partial charge is 0.249 e. The van der Waals surface area contributed by atoms with Crippen molar-refractivity contribution in [1.82, 2.24) is 0 Å². The van der Waals surface area contributed by atoms with Gasteiger partial charge in [-0.3, -0.25) is 0 Å². The first-order valence-electron chi connectivity index (χ1n) is 2.12. The van der Waals surface area contributed by atoms with Crippen molar-refractivity contribution >= 4 is 12.6 Å². The molecule has 0 amide bonds. The topological polar surface area (TPSA) is 9.23 Å². The fourth-order valence-electron chi connectivity index (χ4n) is 0.188. The van der Waals surface area contributed by atoms with Crippen LogP contribution in [0, 0.1) is 0 Å². The third-order valence-electron chi connectivity index (χ3n) is 0.510. The quantitative estimate of drug-likeness (QED) is 0.531. The van der Waals surface area contributed by atoms with Crippen LogP contribution in [0.5, 0.6) is 0 Å². The fourth-order valence-corrected chi connectivity index (χ4v) is 0.241. The van der Waals surface area contributed by atoms with Crippen molar-refractivity contribution in [1.29, 1.82) is 0 Å². The molecule has 0 spiro atoms. The van der Waals surface area contributed by atoms with Gasteiger partial charge < -0.3 is 0 Å². The monoisotopic (exact) mass is 200 g/mol. The molecule has 0 N–H and O–H groups in total. The highest BCUT2D eigenvalue weighted by Gasteiger charge is 2.45. The number of alkyl halides is 6. The average molecular weight is 200 g/mol. The average Bonchev–Trinajstić information content (AvgIpc) is 1.56. The Balaban J connectivity index is 3.99. The normalized spacial score (nSPS) is 16.6. The summed E-state index contributed by atoms with van der Waals surface area (Å²) in [7, 11) is 0. The summed E-state index contributed by atoms with van der Waals surface area (Å²) < 4.78 is 70.0. The maximum atomic E-state index is 11.6. The molecular weight excluding hydrogens is 198 g/mol. The van der Waals surface area contributed by atoms with Gasteiger partial charge >= 0.3 is 11.6 Å². The third kappa shape index (κ3) is 5.19. The summed E-state index contributed by atoms with van der Waals surface area (Å²) in [6, 6.07) is 0. The molecule has 1 atom stereocenters. The number of hydrogen-bond acceptors (Lipinski definition) is 2. The van der Waals surface area contributed by atoms with E-state index in [0.717, 1.165) is 0 Å². The first-order chi connectivity index (χ1) is 4.63. The molecule has 0 bridgehead atoms. The molecule has 0 aromatic carbocycles. The van der Waals surface area contributed by atoms with Crippen LogP contribution in [0.4, 0.5) is 26.3 Å². The van der Waals surface area contributed by atoms with E-state index in [-0.39, 0.29) is 0 Å². The highest BCUT2D eigenvalue weighted by Crippen LogP contribution is 2.31. The number of hydrogen-bond donors (Lipinski definition) is 1. The van der Waals surface area contributed by atoms with Crippen LogP contribution in [0.25, 0.3) is 0 Å². The van der Waals surface area contributed by atoms with Crippen molar-refractivity contribution in [2.75, 3.05) is 0 Å². The van der Waals surface area contributed by atoms with E-state index >= 15 is 0 Å². The van der Waals surface area contributed by atoms with Gasteiger partial charge in [0.2, 0.25) is 0 Å². The molecule has 0 aliphatic carbocycles. The molecule has 0 fully saturated rings. The summed E-state index contributed by atoms with van der Waals surface area (Å²) in [6.07, 6.45) is -9.21. The van der Waals surface area contributed by atoms with Crippen molar-refractivity contribution in [2.45, 2.75) is 18.0 Å². The Morgan fingerprint density at radius 2 is 1.45 bits per heavy atom. The molecule has 0 aromatic rings. The zero-order valence-electron chi connectivity index (χ0n) is 4.70. The summed E-state index contributed by atoms with van der Waals surface area (Å²) in [6.45, 7) is 0. The molecule has 0 saturated carbocycles. The summed E-state index contributed by atoms with van der Waals surface area (Å²) in [5.74, 6) is 0. The van der Waals surface area contributed by atoms with Crippen LogP contribution in [-0.2, 0) is 4.74 Å². The third-order valence-corrected chi connectivity index (χ3v) is 0.713. The Hall–Kier alpha value is -0.110. The van der Waals surface area contributed by atoms with E-state index < -0.39 is 18.0 Å². The van der Waals surface area contributed by atoms with Gasteiger partial charge in [-0.05, 0) is 0 Å². The second kappa shape index (κ2) is 3.10. The minimum atomic E-state index is -5.43. The van der Waals surface area contributed by atoms with Gasteiger partial charge in [-0.1, -0.05) is 12.6 Å². The maximum absolute atomic E-state index is 11.6. The largest absolute Gasteiger partial charge is 0.525 e. The molecule has 0 saturated heterocycles. The van der Waals surface area contributed by atoms with Crippen LogP contribution in [0.2, 0.25) is 0 Å². The van der Waals surface area contributed by atoms with Crippen LogP contribution in [-0.4, -0.2) is 18.0 Å². The summed E-state index contributed by atoms with van der Waals surface area (Å²) >= 11 is 2.23. The van der Waals surface area contributed by atoms with Crippen LogP contribution in [0.15, 0.2) is 0 Å². The Morgan fingerprint density at radius 1 is 1.09 bits per heavy atom. The molecule has 0 radical (unpaired) electrons. The van der Waals surface area contributed by atoms with Crippen molar-refractivity contribution < 1.29 is 31.1 Å². The van der Waals surface area contributed by atoms with Crippen LogP contribution < -0.4 is 0 Å². The van der Waals surface area contributed by atoms with E-state index in [1.807, 2.05) is 0 Å². The number of thiol groups is 1. The first-order valence-corrected chi connectivity index (χ1v) is 2.56. The van der Waals surface area contributed by atoms with Crippen molar-refractivity contribution in [3.05, 3.63) is 0 Å². The van der Waals surface area contributed by atoms with E-state index in [2.05, 4.69) is 17.4 Å². The number of halogens is 6. The van der Waals surface area contributed by atoms with Crippen LogP contribution in [0.3, 0.4) is 0 Å². The molecule has 0 aliphatic rings. The lowest BCUT2D eigenvalue weighted by Crippen LogP contribution is -2.32. The molecule has 0 aliphatic heterocycles. The Kier molecular flexibility index (Phi) is 3.06. The maximum Gasteiger partial charge on any atom is 0.525 e. The zero-order valence-corrected chi connectivity index (χ0v) is 5.60. The highest BCUT2D eigenvalue weighted by molar-refractivity contribution is 7.81. The minimum Gasteiger partial charge on any atom is -0.249 e. The molecule has 0 heterocycles. The van der Waals surface area contributed by atoms with Gasteiger partial charge in [0.25, 0.3) is 6.36 Å². The molecular formula is C3H2F6OS. The van der Waals surface area contributed by atoms with Crippen LogP contribution in [0.1, 0.15) is 0 Å². The second-order valence-electron chi connectivity index (χ2n) is 1.47. The van der Waals surface area contributed by atoms with Crippen molar-refractivity contribution in [2.24, 2.45) is 0 Å². The fraction of sp³-hybridized carbons (Fsp3) is 1.00. The predicted octanol–water partition coefficient (Wildman–Crippen LogP) is 2.34. The first kappa shape index (κ1) is 10.9.